The van der Waals surface area contributed by atoms with Crippen molar-refractivity contribution in [1.29, 1.82) is 0 Å². The first-order valence-electron chi connectivity index (χ1n) is 6.87. The molecule has 1 unspecified atom stereocenters. The second kappa shape index (κ2) is 4.60. The van der Waals surface area contributed by atoms with Crippen LogP contribution in [0.2, 0.25) is 0 Å². The fraction of sp³-hybridized carbons (Fsp3) is 0.467. The first kappa shape index (κ1) is 13.6. The van der Waals surface area contributed by atoms with Crippen molar-refractivity contribution < 1.29 is 8.42 Å². The molecule has 0 saturated carbocycles. The van der Waals surface area contributed by atoms with Crippen molar-refractivity contribution in [2.75, 3.05) is 11.5 Å². The molecule has 0 aliphatic carbocycles. The molecular weight excluding hydrogens is 272 g/mol. The molecule has 2 aromatic rings. The van der Waals surface area contributed by atoms with Crippen molar-refractivity contribution in [3.63, 3.8) is 0 Å². The Hall–Kier alpha value is -1.33. The molecule has 4 nitrogen and oxygen atoms in total. The monoisotopic (exact) mass is 292 g/mol. The van der Waals surface area contributed by atoms with E-state index in [1.807, 2.05) is 26.1 Å². The molecule has 2 heterocycles. The number of fused-ring (bicyclic) bond motifs is 1. The van der Waals surface area contributed by atoms with Gasteiger partial charge in [-0.05, 0) is 25.0 Å². The maximum absolute atomic E-state index is 11.6. The Kier molecular flexibility index (Phi) is 3.14. The average Bonchev–Trinajstić information content (AvgIpc) is 2.86. The minimum Gasteiger partial charge on any atom is -0.350 e. The van der Waals surface area contributed by atoms with Gasteiger partial charge in [0.2, 0.25) is 0 Å². The number of para-hydroxylation sites is 1. The van der Waals surface area contributed by atoms with E-state index < -0.39 is 9.84 Å². The summed E-state index contributed by atoms with van der Waals surface area (Å²) in [6.45, 7) is 2.70. The molecule has 1 aromatic carbocycles. The van der Waals surface area contributed by atoms with Crippen LogP contribution in [0.5, 0.6) is 0 Å². The van der Waals surface area contributed by atoms with E-state index in [-0.39, 0.29) is 11.3 Å². The molecule has 1 aliphatic heterocycles. The maximum atomic E-state index is 11.6. The van der Waals surface area contributed by atoms with Gasteiger partial charge in [0.15, 0.2) is 9.84 Å². The van der Waals surface area contributed by atoms with Crippen LogP contribution in [-0.4, -0.2) is 30.0 Å². The van der Waals surface area contributed by atoms with Crippen molar-refractivity contribution in [2.45, 2.75) is 25.4 Å². The second-order valence-electron chi connectivity index (χ2n) is 6.04. The van der Waals surface area contributed by atoms with Gasteiger partial charge >= 0.3 is 0 Å². The highest BCUT2D eigenvalue weighted by Gasteiger charge is 2.37. The van der Waals surface area contributed by atoms with E-state index >= 15 is 0 Å². The van der Waals surface area contributed by atoms with Gasteiger partial charge in [-0.2, -0.15) is 0 Å². The minimum atomic E-state index is -2.86. The quantitative estimate of drug-likeness (QED) is 0.939. The molecule has 1 aromatic heterocycles. The Morgan fingerprint density at radius 3 is 2.80 bits per heavy atom. The lowest BCUT2D eigenvalue weighted by molar-refractivity contribution is 0.396. The van der Waals surface area contributed by atoms with E-state index in [0.29, 0.717) is 18.7 Å². The summed E-state index contributed by atoms with van der Waals surface area (Å²) in [7, 11) is -0.828. The van der Waals surface area contributed by atoms with Gasteiger partial charge in [-0.1, -0.05) is 18.2 Å². The first-order chi connectivity index (χ1) is 9.39. The van der Waals surface area contributed by atoms with Crippen LogP contribution in [0.1, 0.15) is 18.9 Å². The standard InChI is InChI=1S/C15H20N2O2S/c1-15(7-8-20(18,19)11-15)16-9-12-10-17(2)14-6-4-3-5-13(12)14/h3-6,10,16H,7-9,11H2,1-2H3. The third kappa shape index (κ3) is 2.47. The summed E-state index contributed by atoms with van der Waals surface area (Å²) in [6.07, 6.45) is 2.81. The Bertz CT molecular complexity index is 748. The first-order valence-corrected chi connectivity index (χ1v) is 8.69. The van der Waals surface area contributed by atoms with Crippen molar-refractivity contribution in [3.05, 3.63) is 36.0 Å². The zero-order valence-corrected chi connectivity index (χ0v) is 12.7. The number of nitrogens with zero attached hydrogens (tertiary/aromatic N) is 1. The van der Waals surface area contributed by atoms with E-state index in [1.54, 1.807) is 0 Å². The van der Waals surface area contributed by atoms with Crippen LogP contribution in [0, 0.1) is 0 Å². The highest BCUT2D eigenvalue weighted by atomic mass is 32.2. The zero-order valence-electron chi connectivity index (χ0n) is 11.9. The summed E-state index contributed by atoms with van der Waals surface area (Å²) in [5, 5.41) is 4.67. The van der Waals surface area contributed by atoms with Gasteiger partial charge in [-0.15, -0.1) is 0 Å². The van der Waals surface area contributed by atoms with Crippen LogP contribution in [0.4, 0.5) is 0 Å². The lowest BCUT2D eigenvalue weighted by Gasteiger charge is -2.23. The summed E-state index contributed by atoms with van der Waals surface area (Å²) in [6, 6.07) is 8.28. The van der Waals surface area contributed by atoms with Crippen LogP contribution in [0.25, 0.3) is 10.9 Å². The van der Waals surface area contributed by atoms with Crippen LogP contribution in [-0.2, 0) is 23.4 Å². The number of sulfone groups is 1. The van der Waals surface area contributed by atoms with Gasteiger partial charge in [-0.25, -0.2) is 8.42 Å². The summed E-state index contributed by atoms with van der Waals surface area (Å²) >= 11 is 0. The molecule has 5 heteroatoms. The highest BCUT2D eigenvalue weighted by molar-refractivity contribution is 7.91. The van der Waals surface area contributed by atoms with Gasteiger partial charge in [-0.3, -0.25) is 0 Å². The van der Waals surface area contributed by atoms with Crippen molar-refractivity contribution in [1.82, 2.24) is 9.88 Å². The Morgan fingerprint density at radius 1 is 1.35 bits per heavy atom. The smallest absolute Gasteiger partial charge is 0.152 e. The molecule has 0 bridgehead atoms. The van der Waals surface area contributed by atoms with Crippen LogP contribution < -0.4 is 5.32 Å². The Morgan fingerprint density at radius 2 is 2.10 bits per heavy atom. The molecule has 0 spiro atoms. The summed E-state index contributed by atoms with van der Waals surface area (Å²) in [5.74, 6) is 0.538. The van der Waals surface area contributed by atoms with Gasteiger partial charge in [0, 0.05) is 36.2 Å². The molecular formula is C15H20N2O2S. The molecule has 1 N–H and O–H groups in total. The van der Waals surface area contributed by atoms with Crippen molar-refractivity contribution in [2.24, 2.45) is 7.05 Å². The fourth-order valence-electron chi connectivity index (χ4n) is 3.02. The molecule has 1 fully saturated rings. The number of nitrogens with one attached hydrogen (secondary N) is 1. The lowest BCUT2D eigenvalue weighted by atomic mass is 10.0. The molecule has 108 valence electrons. The predicted octanol–water partition coefficient (Wildman–Crippen LogP) is 1.85. The number of aromatic nitrogens is 1. The van der Waals surface area contributed by atoms with Crippen LogP contribution in [0.15, 0.2) is 30.5 Å². The Labute approximate surface area is 119 Å². The predicted molar refractivity (Wildman–Crippen MR) is 81.4 cm³/mol. The normalized spacial score (nSPS) is 25.3. The van der Waals surface area contributed by atoms with E-state index in [0.717, 1.165) is 0 Å². The third-order valence-corrected chi connectivity index (χ3v) is 6.09. The average molecular weight is 292 g/mol. The van der Waals surface area contributed by atoms with E-state index in [2.05, 4.69) is 28.2 Å². The summed E-state index contributed by atoms with van der Waals surface area (Å²) in [5.41, 5.74) is 2.12. The molecule has 20 heavy (non-hydrogen) atoms. The van der Waals surface area contributed by atoms with E-state index in [9.17, 15) is 8.42 Å². The number of benzene rings is 1. The van der Waals surface area contributed by atoms with Gasteiger partial charge in [0.25, 0.3) is 0 Å². The molecule has 3 rings (SSSR count). The third-order valence-electron chi connectivity index (χ3n) is 4.19. The SMILES string of the molecule is Cn1cc(CNC2(C)CCS(=O)(=O)C2)c2ccccc21. The van der Waals surface area contributed by atoms with Crippen LogP contribution >= 0.6 is 0 Å². The zero-order chi connectivity index (χ0) is 14.4. The largest absolute Gasteiger partial charge is 0.350 e. The molecule has 0 amide bonds. The molecule has 1 atom stereocenters. The maximum Gasteiger partial charge on any atom is 0.152 e. The molecule has 0 radical (unpaired) electrons. The topological polar surface area (TPSA) is 51.1 Å². The van der Waals surface area contributed by atoms with Crippen molar-refractivity contribution >= 4 is 20.7 Å². The van der Waals surface area contributed by atoms with Crippen molar-refractivity contribution in [3.8, 4) is 0 Å². The van der Waals surface area contributed by atoms with Gasteiger partial charge < -0.3 is 9.88 Å². The van der Waals surface area contributed by atoms with E-state index in [4.69, 9.17) is 0 Å². The Balaban J connectivity index is 1.81. The highest BCUT2D eigenvalue weighted by Crippen LogP contribution is 2.25. The van der Waals surface area contributed by atoms with Gasteiger partial charge in [0.05, 0.1) is 11.5 Å². The lowest BCUT2D eigenvalue weighted by Crippen LogP contribution is -2.42. The van der Waals surface area contributed by atoms with E-state index in [1.165, 1.54) is 16.5 Å². The number of hydrogen-bond donors (Lipinski definition) is 1. The number of rotatable bonds is 3. The summed E-state index contributed by atoms with van der Waals surface area (Å²) in [4.78, 5) is 0. The second-order valence-corrected chi connectivity index (χ2v) is 8.22. The fourth-order valence-corrected chi connectivity index (χ4v) is 5.15. The molecule has 1 aliphatic rings. The summed E-state index contributed by atoms with van der Waals surface area (Å²) < 4.78 is 25.4. The van der Waals surface area contributed by atoms with Gasteiger partial charge in [0.1, 0.15) is 0 Å². The number of aryl methyl sites for hydroxylation is 1. The molecule has 1 saturated heterocycles. The number of hydrogen-bond acceptors (Lipinski definition) is 3. The van der Waals surface area contributed by atoms with Crippen LogP contribution in [0.3, 0.4) is 0 Å². The minimum absolute atomic E-state index is 0.241.